The molecule has 0 spiro atoms. The van der Waals surface area contributed by atoms with Gasteiger partial charge in [-0.3, -0.25) is 9.00 Å². The molecule has 0 bridgehead atoms. The molecule has 1 aromatic carbocycles. The van der Waals surface area contributed by atoms with Crippen molar-refractivity contribution in [2.24, 2.45) is 0 Å². The van der Waals surface area contributed by atoms with Gasteiger partial charge in [0, 0.05) is 21.7 Å². The fourth-order valence-corrected chi connectivity index (χ4v) is 2.97. The van der Waals surface area contributed by atoms with E-state index in [0.29, 0.717) is 17.1 Å². The summed E-state index contributed by atoms with van der Waals surface area (Å²) in [6.07, 6.45) is 0.770. The Hall–Kier alpha value is -1.56. The van der Waals surface area contributed by atoms with Crippen LogP contribution in [0, 0.1) is 0 Å². The van der Waals surface area contributed by atoms with Crippen molar-refractivity contribution in [2.75, 3.05) is 18.2 Å². The average Bonchev–Trinajstić information content (AvgIpc) is 2.45. The van der Waals surface area contributed by atoms with E-state index in [1.165, 1.54) is 7.11 Å². The summed E-state index contributed by atoms with van der Waals surface area (Å²) >= 11 is 0. The van der Waals surface area contributed by atoms with Crippen molar-refractivity contribution in [1.82, 2.24) is 0 Å². The second-order valence-electron chi connectivity index (χ2n) is 4.64. The number of hydrogen-bond acceptors (Lipinski definition) is 4. The molecular formula is C14H22N2O3S. The Morgan fingerprint density at radius 1 is 1.45 bits per heavy atom. The van der Waals surface area contributed by atoms with Gasteiger partial charge in [0.1, 0.15) is 11.0 Å². The van der Waals surface area contributed by atoms with Crippen LogP contribution in [0.25, 0.3) is 0 Å². The normalized spacial score (nSPS) is 15.2. The molecule has 0 fully saturated rings. The van der Waals surface area contributed by atoms with E-state index in [-0.39, 0.29) is 11.2 Å². The molecule has 20 heavy (non-hydrogen) atoms. The van der Waals surface area contributed by atoms with Crippen LogP contribution < -0.4 is 15.8 Å². The zero-order valence-corrected chi connectivity index (χ0v) is 13.1. The van der Waals surface area contributed by atoms with Crippen LogP contribution in [0.4, 0.5) is 11.4 Å². The molecule has 0 radical (unpaired) electrons. The standard InChI is InChI=1S/C14H22N2O3S/c1-5-9(2)20(18)10(3)14(17)16-12-8-11(15)6-7-13(12)19-4/h6-10H,5,15H2,1-4H3,(H,16,17). The topological polar surface area (TPSA) is 81.4 Å². The van der Waals surface area contributed by atoms with Crippen molar-refractivity contribution < 1.29 is 13.7 Å². The van der Waals surface area contributed by atoms with Crippen molar-refractivity contribution >= 4 is 28.1 Å². The van der Waals surface area contributed by atoms with Crippen LogP contribution in [-0.2, 0) is 15.6 Å². The van der Waals surface area contributed by atoms with Gasteiger partial charge in [-0.25, -0.2) is 0 Å². The summed E-state index contributed by atoms with van der Waals surface area (Å²) in [4.78, 5) is 12.2. The minimum absolute atomic E-state index is 0.0153. The molecule has 0 heterocycles. The zero-order valence-electron chi connectivity index (χ0n) is 12.3. The van der Waals surface area contributed by atoms with Gasteiger partial charge in [-0.05, 0) is 31.5 Å². The lowest BCUT2D eigenvalue weighted by Gasteiger charge is -2.17. The summed E-state index contributed by atoms with van der Waals surface area (Å²) in [7, 11) is 0.304. The Kier molecular flexibility index (Phi) is 6.01. The van der Waals surface area contributed by atoms with E-state index in [0.717, 1.165) is 6.42 Å². The first kappa shape index (κ1) is 16.5. The van der Waals surface area contributed by atoms with Crippen molar-refractivity contribution in [3.8, 4) is 5.75 Å². The first-order valence-corrected chi connectivity index (χ1v) is 7.82. The maximum absolute atomic E-state index is 12.2. The van der Waals surface area contributed by atoms with Crippen LogP contribution >= 0.6 is 0 Å². The van der Waals surface area contributed by atoms with Crippen LogP contribution in [0.1, 0.15) is 27.2 Å². The summed E-state index contributed by atoms with van der Waals surface area (Å²) in [6.45, 7) is 5.49. The number of nitrogens with one attached hydrogen (secondary N) is 1. The molecule has 0 aliphatic heterocycles. The highest BCUT2D eigenvalue weighted by atomic mass is 32.2. The van der Waals surface area contributed by atoms with E-state index < -0.39 is 16.0 Å². The maximum Gasteiger partial charge on any atom is 0.239 e. The summed E-state index contributed by atoms with van der Waals surface area (Å²) < 4.78 is 17.3. The van der Waals surface area contributed by atoms with Gasteiger partial charge in [-0.1, -0.05) is 13.8 Å². The molecule has 3 atom stereocenters. The van der Waals surface area contributed by atoms with Crippen molar-refractivity contribution in [1.29, 1.82) is 0 Å². The molecule has 1 amide bonds. The lowest BCUT2D eigenvalue weighted by molar-refractivity contribution is -0.115. The van der Waals surface area contributed by atoms with Crippen LogP contribution in [-0.4, -0.2) is 27.7 Å². The Morgan fingerprint density at radius 3 is 2.65 bits per heavy atom. The average molecular weight is 298 g/mol. The molecule has 0 saturated carbocycles. The molecule has 0 saturated heterocycles. The minimum atomic E-state index is -1.21. The van der Waals surface area contributed by atoms with Gasteiger partial charge in [0.15, 0.2) is 0 Å². The fourth-order valence-electron chi connectivity index (χ4n) is 1.68. The Balaban J connectivity index is 2.85. The lowest BCUT2D eigenvalue weighted by Crippen LogP contribution is -2.33. The van der Waals surface area contributed by atoms with E-state index in [1.54, 1.807) is 25.1 Å². The summed E-state index contributed by atoms with van der Waals surface area (Å²) in [5, 5.41) is 2.12. The monoisotopic (exact) mass is 298 g/mol. The first-order chi connectivity index (χ1) is 9.40. The van der Waals surface area contributed by atoms with E-state index in [9.17, 15) is 9.00 Å². The fraction of sp³-hybridized carbons (Fsp3) is 0.500. The van der Waals surface area contributed by atoms with Crippen molar-refractivity contribution in [3.63, 3.8) is 0 Å². The number of ether oxygens (including phenoxy) is 1. The predicted molar refractivity (Wildman–Crippen MR) is 83.4 cm³/mol. The van der Waals surface area contributed by atoms with Crippen LogP contribution in [0.2, 0.25) is 0 Å². The predicted octanol–water partition coefficient (Wildman–Crippen LogP) is 2.15. The molecule has 0 aliphatic carbocycles. The third-order valence-electron chi connectivity index (χ3n) is 3.17. The van der Waals surface area contributed by atoms with Crippen LogP contribution in [0.15, 0.2) is 18.2 Å². The molecule has 1 rings (SSSR count). The number of benzene rings is 1. The Labute approximate surface area is 122 Å². The molecule has 3 N–H and O–H groups in total. The number of carbonyl (C=O) groups excluding carboxylic acids is 1. The molecule has 112 valence electrons. The summed E-state index contributed by atoms with van der Waals surface area (Å²) in [5.41, 5.74) is 6.71. The van der Waals surface area contributed by atoms with Crippen molar-refractivity contribution in [2.45, 2.75) is 37.7 Å². The quantitative estimate of drug-likeness (QED) is 0.788. The number of carbonyl (C=O) groups is 1. The number of nitrogen functional groups attached to an aromatic ring is 1. The Morgan fingerprint density at radius 2 is 2.10 bits per heavy atom. The van der Waals surface area contributed by atoms with E-state index in [2.05, 4.69) is 5.32 Å². The van der Waals surface area contributed by atoms with Gasteiger partial charge in [0.05, 0.1) is 12.8 Å². The number of rotatable bonds is 6. The number of hydrogen-bond donors (Lipinski definition) is 2. The SMILES string of the molecule is CCC(C)S(=O)C(C)C(=O)Nc1cc(N)ccc1OC. The third-order valence-corrected chi connectivity index (χ3v) is 5.21. The number of methoxy groups -OCH3 is 1. The van der Waals surface area contributed by atoms with E-state index in [4.69, 9.17) is 10.5 Å². The van der Waals surface area contributed by atoms with Gasteiger partial charge in [0.25, 0.3) is 0 Å². The van der Waals surface area contributed by atoms with E-state index in [1.807, 2.05) is 13.8 Å². The molecule has 1 aromatic rings. The van der Waals surface area contributed by atoms with Crippen LogP contribution in [0.3, 0.4) is 0 Å². The lowest BCUT2D eigenvalue weighted by atomic mass is 10.2. The number of amides is 1. The first-order valence-electron chi connectivity index (χ1n) is 6.54. The molecule has 0 aliphatic rings. The third kappa shape index (κ3) is 3.96. The highest BCUT2D eigenvalue weighted by Gasteiger charge is 2.24. The second-order valence-corrected chi connectivity index (χ2v) is 6.81. The molecular weight excluding hydrogens is 276 g/mol. The molecule has 3 unspecified atom stereocenters. The van der Waals surface area contributed by atoms with Gasteiger partial charge >= 0.3 is 0 Å². The highest BCUT2D eigenvalue weighted by Crippen LogP contribution is 2.27. The smallest absolute Gasteiger partial charge is 0.239 e. The van der Waals surface area contributed by atoms with Crippen molar-refractivity contribution in [3.05, 3.63) is 18.2 Å². The molecule has 6 heteroatoms. The maximum atomic E-state index is 12.2. The summed E-state index contributed by atoms with van der Waals surface area (Å²) in [6, 6.07) is 4.99. The second kappa shape index (κ2) is 7.28. The zero-order chi connectivity index (χ0) is 15.3. The molecule has 5 nitrogen and oxygen atoms in total. The molecule has 0 aromatic heterocycles. The van der Waals surface area contributed by atoms with Crippen LogP contribution in [0.5, 0.6) is 5.75 Å². The minimum Gasteiger partial charge on any atom is -0.495 e. The highest BCUT2D eigenvalue weighted by molar-refractivity contribution is 7.87. The van der Waals surface area contributed by atoms with E-state index >= 15 is 0 Å². The van der Waals surface area contributed by atoms with Gasteiger partial charge in [0.2, 0.25) is 5.91 Å². The van der Waals surface area contributed by atoms with Gasteiger partial charge < -0.3 is 15.8 Å². The number of anilines is 2. The summed E-state index contributed by atoms with van der Waals surface area (Å²) in [5.74, 6) is 0.224. The van der Waals surface area contributed by atoms with Gasteiger partial charge in [-0.2, -0.15) is 0 Å². The number of nitrogens with two attached hydrogens (primary N) is 1. The largest absolute Gasteiger partial charge is 0.495 e. The Bertz CT molecular complexity index is 505. The van der Waals surface area contributed by atoms with Gasteiger partial charge in [-0.15, -0.1) is 0 Å².